The van der Waals surface area contributed by atoms with Crippen LogP contribution in [0.5, 0.6) is 11.5 Å². The van der Waals surface area contributed by atoms with E-state index in [0.29, 0.717) is 48.3 Å². The third-order valence-corrected chi connectivity index (χ3v) is 5.83. The highest BCUT2D eigenvalue weighted by Gasteiger charge is 2.29. The first-order valence-electron chi connectivity index (χ1n) is 11.7. The lowest BCUT2D eigenvalue weighted by molar-refractivity contribution is -0.130. The van der Waals surface area contributed by atoms with Crippen LogP contribution < -0.4 is 9.47 Å². The van der Waals surface area contributed by atoms with Crippen LogP contribution in [0.15, 0.2) is 60.7 Å². The second kappa shape index (κ2) is 12.5. The molecule has 2 aromatic rings. The second-order valence-electron chi connectivity index (χ2n) is 9.26. The van der Waals surface area contributed by atoms with Crippen molar-refractivity contribution in [2.24, 2.45) is 0 Å². The molecule has 0 bridgehead atoms. The van der Waals surface area contributed by atoms with Gasteiger partial charge in [0, 0.05) is 29.8 Å². The highest BCUT2D eigenvalue weighted by molar-refractivity contribution is 5.89. The van der Waals surface area contributed by atoms with Crippen LogP contribution in [0, 0.1) is 0 Å². The number of rotatable bonds is 12. The first-order valence-corrected chi connectivity index (χ1v) is 11.7. The maximum Gasteiger partial charge on any atom is 0.338 e. The number of carbonyl (C=O) groups excluding carboxylic acids is 2. The fraction of sp³-hybridized carbons (Fsp3) is 0.379. The van der Waals surface area contributed by atoms with Gasteiger partial charge in [-0.05, 0) is 86.1 Å². The number of aliphatic hydroxyl groups is 2. The highest BCUT2D eigenvalue weighted by Crippen LogP contribution is 2.39. The average molecular weight is 481 g/mol. The molecule has 2 N–H and O–H groups in total. The van der Waals surface area contributed by atoms with E-state index < -0.39 is 17.4 Å². The molecular formula is C29H36O6. The number of ether oxygens (including phenoxy) is 2. The van der Waals surface area contributed by atoms with Gasteiger partial charge in [0.2, 0.25) is 0 Å². The molecule has 0 aliphatic rings. The minimum atomic E-state index is -0.490. The molecule has 6 heteroatoms. The molecule has 6 nitrogen and oxygen atoms in total. The monoisotopic (exact) mass is 480 g/mol. The Balaban J connectivity index is 2.54. The molecule has 0 atom stereocenters. The highest BCUT2D eigenvalue weighted by atomic mass is 16.5. The number of hydrogen-bond donors (Lipinski definition) is 2. The lowest BCUT2D eigenvalue weighted by Crippen LogP contribution is -2.23. The van der Waals surface area contributed by atoms with Crippen molar-refractivity contribution in [1.82, 2.24) is 0 Å². The third kappa shape index (κ3) is 7.38. The fourth-order valence-corrected chi connectivity index (χ4v) is 3.97. The molecule has 2 aromatic carbocycles. The van der Waals surface area contributed by atoms with E-state index in [2.05, 4.69) is 27.0 Å². The van der Waals surface area contributed by atoms with Crippen LogP contribution in [0.1, 0.15) is 62.8 Å². The number of esters is 2. The van der Waals surface area contributed by atoms with Gasteiger partial charge in [-0.2, -0.15) is 0 Å². The number of carbonyl (C=O) groups is 2. The Bertz CT molecular complexity index is 1010. The molecule has 0 spiro atoms. The van der Waals surface area contributed by atoms with Crippen molar-refractivity contribution in [2.75, 3.05) is 13.2 Å². The van der Waals surface area contributed by atoms with Crippen molar-refractivity contribution in [3.05, 3.63) is 83.0 Å². The molecule has 0 aliphatic heterocycles. The lowest BCUT2D eigenvalue weighted by Gasteiger charge is -2.31. The van der Waals surface area contributed by atoms with E-state index in [0.717, 1.165) is 22.3 Å². The zero-order chi connectivity index (χ0) is 26.2. The van der Waals surface area contributed by atoms with Crippen molar-refractivity contribution in [3.8, 4) is 11.5 Å². The van der Waals surface area contributed by atoms with Crippen LogP contribution in [0.2, 0.25) is 0 Å². The first-order chi connectivity index (χ1) is 16.5. The van der Waals surface area contributed by atoms with Gasteiger partial charge in [-0.25, -0.2) is 9.59 Å². The molecule has 0 saturated carbocycles. The number of benzene rings is 2. The smallest absolute Gasteiger partial charge is 0.338 e. The zero-order valence-corrected chi connectivity index (χ0v) is 21.1. The molecule has 0 amide bonds. The molecule has 0 aliphatic carbocycles. The summed E-state index contributed by atoms with van der Waals surface area (Å²) >= 11 is 0. The Morgan fingerprint density at radius 3 is 1.46 bits per heavy atom. The number of aliphatic hydroxyl groups excluding tert-OH is 2. The van der Waals surface area contributed by atoms with Gasteiger partial charge in [0.15, 0.2) is 0 Å². The standard InChI is InChI=1S/C29H36O6/c1-19(2)27(32)34-23-11-13-25(21(17-23)9-7-15-30)29(5,6)26-14-12-24(35-28(33)20(3)4)18-22(26)10-8-16-31/h11-14,17-18,30-31H,1,3,7-10,15-16H2,2,4-6H3. The quantitative estimate of drug-likeness (QED) is 0.257. The normalized spacial score (nSPS) is 11.1. The van der Waals surface area contributed by atoms with E-state index in [1.165, 1.54) is 0 Å². The molecule has 0 aromatic heterocycles. The largest absolute Gasteiger partial charge is 0.423 e. The number of aryl methyl sites for hydroxylation is 2. The Labute approximate surface area is 207 Å². The summed E-state index contributed by atoms with van der Waals surface area (Å²) in [5.41, 5.74) is 4.13. The molecule has 0 fully saturated rings. The van der Waals surface area contributed by atoms with Crippen molar-refractivity contribution in [1.29, 1.82) is 0 Å². The van der Waals surface area contributed by atoms with Gasteiger partial charge < -0.3 is 19.7 Å². The van der Waals surface area contributed by atoms with E-state index in [4.69, 9.17) is 9.47 Å². The van der Waals surface area contributed by atoms with Gasteiger partial charge in [0.05, 0.1) is 0 Å². The minimum Gasteiger partial charge on any atom is -0.423 e. The Morgan fingerprint density at radius 2 is 1.14 bits per heavy atom. The first kappa shape index (κ1) is 28.0. The summed E-state index contributed by atoms with van der Waals surface area (Å²) in [7, 11) is 0. The van der Waals surface area contributed by atoms with Crippen molar-refractivity contribution >= 4 is 11.9 Å². The van der Waals surface area contributed by atoms with Crippen LogP contribution in [0.4, 0.5) is 0 Å². The van der Waals surface area contributed by atoms with Crippen molar-refractivity contribution in [3.63, 3.8) is 0 Å². The number of hydrogen-bond acceptors (Lipinski definition) is 6. The SMILES string of the molecule is C=C(C)C(=O)Oc1ccc(C(C)(C)c2ccc(OC(=O)C(=C)C)cc2CCCO)c(CCCO)c1. The Morgan fingerprint density at radius 1 is 0.771 bits per heavy atom. The van der Waals surface area contributed by atoms with Gasteiger partial charge in [-0.15, -0.1) is 0 Å². The molecular weight excluding hydrogens is 444 g/mol. The molecule has 2 rings (SSSR count). The molecule has 35 heavy (non-hydrogen) atoms. The average Bonchev–Trinajstić information content (AvgIpc) is 2.81. The van der Waals surface area contributed by atoms with Gasteiger partial charge in [-0.1, -0.05) is 39.1 Å². The predicted molar refractivity (Wildman–Crippen MR) is 137 cm³/mol. The summed E-state index contributed by atoms with van der Waals surface area (Å²) in [5, 5.41) is 18.9. The van der Waals surface area contributed by atoms with E-state index in [1.54, 1.807) is 26.0 Å². The fourth-order valence-electron chi connectivity index (χ4n) is 3.97. The van der Waals surface area contributed by atoms with Crippen molar-refractivity contribution < 1.29 is 29.3 Å². The van der Waals surface area contributed by atoms with Crippen LogP contribution in [0.25, 0.3) is 0 Å². The minimum absolute atomic E-state index is 0.0418. The second-order valence-corrected chi connectivity index (χ2v) is 9.26. The van der Waals surface area contributed by atoms with Gasteiger partial charge >= 0.3 is 11.9 Å². The Kier molecular flexibility index (Phi) is 9.99. The molecule has 188 valence electrons. The van der Waals surface area contributed by atoms with E-state index in [9.17, 15) is 19.8 Å². The zero-order valence-electron chi connectivity index (χ0n) is 21.1. The maximum atomic E-state index is 12.0. The van der Waals surface area contributed by atoms with E-state index >= 15 is 0 Å². The lowest BCUT2D eigenvalue weighted by atomic mass is 9.73. The molecule has 0 saturated heterocycles. The summed E-state index contributed by atoms with van der Waals surface area (Å²) in [4.78, 5) is 24.0. The van der Waals surface area contributed by atoms with Crippen LogP contribution in [-0.4, -0.2) is 35.4 Å². The summed E-state index contributed by atoms with van der Waals surface area (Å²) < 4.78 is 10.9. The Hall–Kier alpha value is -3.22. The van der Waals surface area contributed by atoms with Crippen LogP contribution in [-0.2, 0) is 27.8 Å². The van der Waals surface area contributed by atoms with Crippen LogP contribution >= 0.6 is 0 Å². The topological polar surface area (TPSA) is 93.1 Å². The van der Waals surface area contributed by atoms with Crippen LogP contribution in [0.3, 0.4) is 0 Å². The predicted octanol–water partition coefficient (Wildman–Crippen LogP) is 4.83. The third-order valence-electron chi connectivity index (χ3n) is 5.83. The maximum absolute atomic E-state index is 12.0. The summed E-state index contributed by atoms with van der Waals surface area (Å²) in [6.07, 6.45) is 2.34. The summed E-state index contributed by atoms with van der Waals surface area (Å²) in [6.45, 7) is 14.7. The van der Waals surface area contributed by atoms with Gasteiger partial charge in [0.25, 0.3) is 0 Å². The summed E-state index contributed by atoms with van der Waals surface area (Å²) in [6, 6.07) is 11.1. The molecule has 0 heterocycles. The van der Waals surface area contributed by atoms with Gasteiger partial charge in [0.1, 0.15) is 11.5 Å². The summed E-state index contributed by atoms with van der Waals surface area (Å²) in [5.74, 6) is -0.131. The molecule has 0 radical (unpaired) electrons. The van der Waals surface area contributed by atoms with Crippen molar-refractivity contribution in [2.45, 2.75) is 58.8 Å². The molecule has 0 unspecified atom stereocenters. The van der Waals surface area contributed by atoms with E-state index in [1.807, 2.05) is 24.3 Å². The van der Waals surface area contributed by atoms with E-state index in [-0.39, 0.29) is 13.2 Å². The van der Waals surface area contributed by atoms with Gasteiger partial charge in [-0.3, -0.25) is 0 Å².